The molecule has 0 spiro atoms. The van der Waals surface area contributed by atoms with E-state index < -0.39 is 0 Å². The van der Waals surface area contributed by atoms with Gasteiger partial charge in [-0.25, -0.2) is 0 Å². The summed E-state index contributed by atoms with van der Waals surface area (Å²) >= 11 is 11.6. The van der Waals surface area contributed by atoms with E-state index in [-0.39, 0.29) is 0 Å². The average Bonchev–Trinajstić information content (AvgIpc) is 2.01. The van der Waals surface area contributed by atoms with E-state index in [1.165, 1.54) is 0 Å². The Hall–Kier alpha value is -0.730. The first kappa shape index (κ1) is 9.36. The van der Waals surface area contributed by atoms with Crippen molar-refractivity contribution in [3.05, 3.63) is 27.7 Å². The molecular weight excluding hydrogens is 197 g/mol. The third kappa shape index (κ3) is 1.90. The molecule has 0 atom stereocenters. The van der Waals surface area contributed by atoms with E-state index in [1.54, 1.807) is 12.1 Å². The van der Waals surface area contributed by atoms with Gasteiger partial charge in [-0.05, 0) is 24.6 Å². The van der Waals surface area contributed by atoms with Crippen molar-refractivity contribution < 1.29 is 4.79 Å². The van der Waals surface area contributed by atoms with Gasteiger partial charge < -0.3 is 5.32 Å². The van der Waals surface area contributed by atoms with Crippen LogP contribution in [0.15, 0.2) is 12.1 Å². The van der Waals surface area contributed by atoms with Gasteiger partial charge in [0.15, 0.2) is 0 Å². The first-order valence-electron chi connectivity index (χ1n) is 3.31. The van der Waals surface area contributed by atoms with Crippen LogP contribution in [0.4, 0.5) is 5.69 Å². The lowest BCUT2D eigenvalue weighted by atomic mass is 10.2. The first-order valence-corrected chi connectivity index (χ1v) is 4.06. The van der Waals surface area contributed by atoms with Crippen LogP contribution in [-0.2, 0) is 4.79 Å². The molecule has 1 aromatic rings. The van der Waals surface area contributed by atoms with Crippen molar-refractivity contribution in [3.63, 3.8) is 0 Å². The van der Waals surface area contributed by atoms with Crippen LogP contribution in [0.1, 0.15) is 5.56 Å². The van der Waals surface area contributed by atoms with Gasteiger partial charge in [-0.1, -0.05) is 23.2 Å². The summed E-state index contributed by atoms with van der Waals surface area (Å²) in [6.45, 7) is 1.84. The molecule has 0 aliphatic heterocycles. The van der Waals surface area contributed by atoms with Crippen molar-refractivity contribution in [2.75, 3.05) is 5.32 Å². The van der Waals surface area contributed by atoms with Gasteiger partial charge in [0.05, 0.1) is 10.7 Å². The number of hydrogen-bond donors (Lipinski definition) is 1. The van der Waals surface area contributed by atoms with E-state index in [0.29, 0.717) is 22.1 Å². The molecule has 0 heterocycles. The Kier molecular flexibility index (Phi) is 2.95. The van der Waals surface area contributed by atoms with E-state index in [4.69, 9.17) is 23.2 Å². The highest BCUT2D eigenvalue weighted by molar-refractivity contribution is 6.37. The smallest absolute Gasteiger partial charge is 0.211 e. The molecule has 12 heavy (non-hydrogen) atoms. The van der Waals surface area contributed by atoms with Crippen LogP contribution in [0.2, 0.25) is 10.0 Å². The molecule has 4 heteroatoms. The maximum atomic E-state index is 10.1. The minimum Gasteiger partial charge on any atom is -0.327 e. The second-order valence-corrected chi connectivity index (χ2v) is 3.16. The summed E-state index contributed by atoms with van der Waals surface area (Å²) in [7, 11) is 0. The van der Waals surface area contributed by atoms with Gasteiger partial charge in [-0.15, -0.1) is 0 Å². The number of anilines is 1. The minimum absolute atomic E-state index is 0.442. The van der Waals surface area contributed by atoms with Crippen LogP contribution in [0.3, 0.4) is 0 Å². The van der Waals surface area contributed by atoms with Gasteiger partial charge in [-0.2, -0.15) is 0 Å². The molecule has 2 nitrogen and oxygen atoms in total. The Morgan fingerprint density at radius 3 is 2.58 bits per heavy atom. The van der Waals surface area contributed by atoms with Crippen molar-refractivity contribution in [1.82, 2.24) is 0 Å². The van der Waals surface area contributed by atoms with E-state index in [1.807, 2.05) is 6.92 Å². The number of carbonyl (C=O) groups excluding carboxylic acids is 1. The van der Waals surface area contributed by atoms with E-state index >= 15 is 0 Å². The number of amides is 1. The Bertz CT molecular complexity index is 312. The van der Waals surface area contributed by atoms with Crippen molar-refractivity contribution >= 4 is 35.3 Å². The Labute approximate surface area is 80.5 Å². The number of aryl methyl sites for hydroxylation is 1. The Morgan fingerprint density at radius 1 is 1.33 bits per heavy atom. The lowest BCUT2D eigenvalue weighted by Crippen LogP contribution is -1.95. The second kappa shape index (κ2) is 3.78. The average molecular weight is 204 g/mol. The second-order valence-electron chi connectivity index (χ2n) is 2.34. The lowest BCUT2D eigenvalue weighted by molar-refractivity contribution is -0.105. The molecule has 0 unspecified atom stereocenters. The summed E-state index contributed by atoms with van der Waals surface area (Å²) in [5.41, 5.74) is 1.46. The first-order chi connectivity index (χ1) is 5.65. The summed E-state index contributed by atoms with van der Waals surface area (Å²) in [4.78, 5) is 10.1. The number of hydrogen-bond acceptors (Lipinski definition) is 1. The SMILES string of the molecule is Cc1cc(NC=O)c(Cl)cc1Cl. The largest absolute Gasteiger partial charge is 0.327 e. The van der Waals surface area contributed by atoms with Crippen molar-refractivity contribution in [2.24, 2.45) is 0 Å². The van der Waals surface area contributed by atoms with E-state index in [2.05, 4.69) is 5.32 Å². The predicted molar refractivity (Wildman–Crippen MR) is 50.9 cm³/mol. The molecule has 1 rings (SSSR count). The zero-order chi connectivity index (χ0) is 9.14. The van der Waals surface area contributed by atoms with Crippen LogP contribution >= 0.6 is 23.2 Å². The number of rotatable bonds is 2. The summed E-state index contributed by atoms with van der Waals surface area (Å²) in [5, 5.41) is 3.51. The van der Waals surface area contributed by atoms with Crippen molar-refractivity contribution in [3.8, 4) is 0 Å². The molecule has 64 valence electrons. The van der Waals surface area contributed by atoms with Crippen LogP contribution in [0, 0.1) is 6.92 Å². The number of halogens is 2. The molecule has 0 saturated heterocycles. The van der Waals surface area contributed by atoms with Gasteiger partial charge in [0, 0.05) is 5.02 Å². The van der Waals surface area contributed by atoms with Crippen LogP contribution in [-0.4, -0.2) is 6.41 Å². The summed E-state index contributed by atoms with van der Waals surface area (Å²) in [5.74, 6) is 0. The zero-order valence-corrected chi connectivity index (χ0v) is 7.91. The van der Waals surface area contributed by atoms with E-state index in [0.717, 1.165) is 5.56 Å². The summed E-state index contributed by atoms with van der Waals surface area (Å²) in [6, 6.07) is 3.32. The van der Waals surface area contributed by atoms with Gasteiger partial charge in [0.1, 0.15) is 0 Å². The number of carbonyl (C=O) groups is 1. The quantitative estimate of drug-likeness (QED) is 0.737. The standard InChI is InChI=1S/C8H7Cl2NO/c1-5-2-8(11-4-12)7(10)3-6(5)9/h2-4H,1H3,(H,11,12). The Balaban J connectivity index is 3.13. The van der Waals surface area contributed by atoms with Crippen molar-refractivity contribution in [1.29, 1.82) is 0 Å². The monoisotopic (exact) mass is 203 g/mol. The molecule has 0 bridgehead atoms. The topological polar surface area (TPSA) is 29.1 Å². The van der Waals surface area contributed by atoms with Crippen LogP contribution in [0.5, 0.6) is 0 Å². The molecule has 1 N–H and O–H groups in total. The summed E-state index contributed by atoms with van der Waals surface area (Å²) < 4.78 is 0. The fourth-order valence-corrected chi connectivity index (χ4v) is 1.27. The fraction of sp³-hybridized carbons (Fsp3) is 0.125. The van der Waals surface area contributed by atoms with Gasteiger partial charge >= 0.3 is 0 Å². The predicted octanol–water partition coefficient (Wildman–Crippen LogP) is 2.87. The highest BCUT2D eigenvalue weighted by Gasteiger charge is 2.02. The molecule has 0 aliphatic carbocycles. The van der Waals surface area contributed by atoms with Gasteiger partial charge in [-0.3, -0.25) is 4.79 Å². The fourth-order valence-electron chi connectivity index (χ4n) is 0.831. The Morgan fingerprint density at radius 2 is 2.00 bits per heavy atom. The van der Waals surface area contributed by atoms with Gasteiger partial charge in [0.25, 0.3) is 0 Å². The lowest BCUT2D eigenvalue weighted by Gasteiger charge is -2.04. The van der Waals surface area contributed by atoms with Crippen LogP contribution < -0.4 is 5.32 Å². The maximum Gasteiger partial charge on any atom is 0.211 e. The highest BCUT2D eigenvalue weighted by atomic mass is 35.5. The molecule has 0 radical (unpaired) electrons. The van der Waals surface area contributed by atoms with Crippen LogP contribution in [0.25, 0.3) is 0 Å². The normalized spacial score (nSPS) is 9.58. The molecule has 1 aromatic carbocycles. The minimum atomic E-state index is 0.442. The molecule has 0 saturated carbocycles. The molecule has 0 aliphatic rings. The van der Waals surface area contributed by atoms with Crippen molar-refractivity contribution in [2.45, 2.75) is 6.92 Å². The maximum absolute atomic E-state index is 10.1. The zero-order valence-electron chi connectivity index (χ0n) is 6.40. The third-order valence-corrected chi connectivity index (χ3v) is 2.18. The molecule has 0 fully saturated rings. The number of benzene rings is 1. The third-order valence-electron chi connectivity index (χ3n) is 1.46. The molecular formula is C8H7Cl2NO. The number of nitrogens with one attached hydrogen (secondary N) is 1. The highest BCUT2D eigenvalue weighted by Crippen LogP contribution is 2.28. The van der Waals surface area contributed by atoms with Gasteiger partial charge in [0.2, 0.25) is 6.41 Å². The molecule has 0 aromatic heterocycles. The summed E-state index contributed by atoms with van der Waals surface area (Å²) in [6.07, 6.45) is 0.578. The van der Waals surface area contributed by atoms with E-state index in [9.17, 15) is 4.79 Å². The molecule has 1 amide bonds.